The summed E-state index contributed by atoms with van der Waals surface area (Å²) in [6.45, 7) is 5.81. The lowest BCUT2D eigenvalue weighted by Crippen LogP contribution is -2.37. The third-order valence-electron chi connectivity index (χ3n) is 4.93. The van der Waals surface area contributed by atoms with Gasteiger partial charge in [-0.25, -0.2) is 9.78 Å². The molecule has 3 aromatic rings. The normalized spacial score (nSPS) is 10.6. The van der Waals surface area contributed by atoms with Crippen LogP contribution in [0.1, 0.15) is 34.9 Å². The fourth-order valence-electron chi connectivity index (χ4n) is 3.27. The Morgan fingerprint density at radius 3 is 2.27 bits per heavy atom. The minimum atomic E-state index is -1.12. The van der Waals surface area contributed by atoms with E-state index in [2.05, 4.69) is 4.98 Å². The first-order valence-electron chi connectivity index (χ1n) is 10.7. The first-order valence-corrected chi connectivity index (χ1v) is 10.7. The van der Waals surface area contributed by atoms with E-state index < -0.39 is 18.6 Å². The number of rotatable bonds is 10. The van der Waals surface area contributed by atoms with Crippen LogP contribution in [0.25, 0.3) is 0 Å². The Bertz CT molecular complexity index is 1070. The average molecular weight is 453 g/mol. The number of ether oxygens (including phenoxy) is 2. The van der Waals surface area contributed by atoms with Crippen molar-refractivity contribution in [3.63, 3.8) is 0 Å². The van der Waals surface area contributed by atoms with Crippen molar-refractivity contribution in [1.29, 1.82) is 0 Å². The summed E-state index contributed by atoms with van der Waals surface area (Å²) in [4.78, 5) is 29.3. The molecule has 0 aliphatic rings. The SMILES string of the molecule is Cc1ccc(OC(=O)N(CC(=O)O)Cc2ccc(OCCCc3nc(C)oc3C)cc2)cc1. The van der Waals surface area contributed by atoms with Crippen LogP contribution in [0.2, 0.25) is 0 Å². The highest BCUT2D eigenvalue weighted by atomic mass is 16.6. The van der Waals surface area contributed by atoms with Gasteiger partial charge in [-0.15, -0.1) is 0 Å². The second-order valence-electron chi connectivity index (χ2n) is 7.76. The summed E-state index contributed by atoms with van der Waals surface area (Å²) in [6.07, 6.45) is 0.847. The van der Waals surface area contributed by atoms with Crippen molar-refractivity contribution in [3.05, 3.63) is 77.0 Å². The van der Waals surface area contributed by atoms with Crippen LogP contribution >= 0.6 is 0 Å². The number of nitrogens with zero attached hydrogens (tertiary/aromatic N) is 2. The minimum absolute atomic E-state index is 0.0993. The van der Waals surface area contributed by atoms with Gasteiger partial charge in [0.1, 0.15) is 23.8 Å². The number of carboxylic acids is 1. The van der Waals surface area contributed by atoms with E-state index in [4.69, 9.17) is 13.9 Å². The van der Waals surface area contributed by atoms with Crippen LogP contribution in [0, 0.1) is 20.8 Å². The molecule has 3 rings (SSSR count). The highest BCUT2D eigenvalue weighted by Crippen LogP contribution is 2.17. The van der Waals surface area contributed by atoms with Crippen molar-refractivity contribution in [3.8, 4) is 11.5 Å². The molecule has 0 atom stereocenters. The zero-order valence-corrected chi connectivity index (χ0v) is 19.0. The number of oxazole rings is 1. The summed E-state index contributed by atoms with van der Waals surface area (Å²) in [5.41, 5.74) is 2.74. The van der Waals surface area contributed by atoms with Crippen LogP contribution in [0.5, 0.6) is 11.5 Å². The van der Waals surface area contributed by atoms with Gasteiger partial charge in [-0.3, -0.25) is 9.69 Å². The molecule has 0 fully saturated rings. The number of aryl methyl sites for hydroxylation is 4. The molecule has 174 valence electrons. The Kier molecular flexibility index (Phi) is 8.07. The number of carbonyl (C=O) groups excluding carboxylic acids is 1. The molecule has 1 amide bonds. The van der Waals surface area contributed by atoms with Crippen LogP contribution in [-0.2, 0) is 17.8 Å². The lowest BCUT2D eigenvalue weighted by atomic mass is 10.2. The van der Waals surface area contributed by atoms with E-state index in [1.54, 1.807) is 36.4 Å². The number of amides is 1. The average Bonchev–Trinajstić information content (AvgIpc) is 3.10. The molecule has 8 nitrogen and oxygen atoms in total. The smallest absolute Gasteiger partial charge is 0.416 e. The van der Waals surface area contributed by atoms with Crippen molar-refractivity contribution in [2.24, 2.45) is 0 Å². The predicted molar refractivity (Wildman–Crippen MR) is 121 cm³/mol. The second-order valence-corrected chi connectivity index (χ2v) is 7.76. The number of hydrogen-bond donors (Lipinski definition) is 1. The van der Waals surface area contributed by atoms with Gasteiger partial charge < -0.3 is 19.0 Å². The largest absolute Gasteiger partial charge is 0.494 e. The number of benzene rings is 2. The highest BCUT2D eigenvalue weighted by Gasteiger charge is 2.19. The zero-order valence-electron chi connectivity index (χ0n) is 19.0. The summed E-state index contributed by atoms with van der Waals surface area (Å²) >= 11 is 0. The Hall–Kier alpha value is -3.81. The van der Waals surface area contributed by atoms with Gasteiger partial charge >= 0.3 is 12.1 Å². The van der Waals surface area contributed by atoms with E-state index in [0.29, 0.717) is 24.0 Å². The predicted octanol–water partition coefficient (Wildman–Crippen LogP) is 4.70. The van der Waals surface area contributed by atoms with E-state index in [9.17, 15) is 14.7 Å². The molecule has 1 heterocycles. The van der Waals surface area contributed by atoms with Crippen molar-refractivity contribution in [2.75, 3.05) is 13.2 Å². The molecular formula is C25H28N2O6. The molecule has 1 aromatic heterocycles. The Morgan fingerprint density at radius 2 is 1.67 bits per heavy atom. The molecule has 0 bridgehead atoms. The van der Waals surface area contributed by atoms with Crippen molar-refractivity contribution in [2.45, 2.75) is 40.2 Å². The molecule has 1 N–H and O–H groups in total. The third-order valence-corrected chi connectivity index (χ3v) is 4.93. The highest BCUT2D eigenvalue weighted by molar-refractivity contribution is 5.78. The third kappa shape index (κ3) is 7.38. The molecule has 0 aliphatic heterocycles. The topological polar surface area (TPSA) is 102 Å². The van der Waals surface area contributed by atoms with Gasteiger partial charge in [0.25, 0.3) is 0 Å². The molecule has 0 saturated carbocycles. The quantitative estimate of drug-likeness (QED) is 0.445. The molecule has 0 spiro atoms. The first-order chi connectivity index (χ1) is 15.8. The molecule has 0 unspecified atom stereocenters. The summed E-state index contributed by atoms with van der Waals surface area (Å²) in [5, 5.41) is 9.20. The van der Waals surface area contributed by atoms with Crippen LogP contribution in [0.3, 0.4) is 0 Å². The van der Waals surface area contributed by atoms with Gasteiger partial charge in [0.15, 0.2) is 5.89 Å². The van der Waals surface area contributed by atoms with Gasteiger partial charge in [-0.05, 0) is 56.5 Å². The van der Waals surface area contributed by atoms with Crippen LogP contribution in [0.4, 0.5) is 4.79 Å². The van der Waals surface area contributed by atoms with Crippen LogP contribution in [-0.4, -0.2) is 40.2 Å². The van der Waals surface area contributed by atoms with E-state index >= 15 is 0 Å². The fraction of sp³-hybridized carbons (Fsp3) is 0.320. The first kappa shape index (κ1) is 23.8. The second kappa shape index (κ2) is 11.2. The summed E-state index contributed by atoms with van der Waals surface area (Å²) < 4.78 is 16.5. The van der Waals surface area contributed by atoms with Crippen molar-refractivity contribution in [1.82, 2.24) is 9.88 Å². The molecule has 0 saturated heterocycles. The Labute approximate surface area is 192 Å². The fourth-order valence-corrected chi connectivity index (χ4v) is 3.27. The summed E-state index contributed by atoms with van der Waals surface area (Å²) in [7, 11) is 0. The standard InChI is InChI=1S/C25H28N2O6/c1-17-6-10-22(11-7-17)33-25(30)27(16-24(28)29)15-20-8-12-21(13-9-20)31-14-4-5-23-18(2)32-19(3)26-23/h6-13H,4-5,14-16H2,1-3H3,(H,28,29). The molecule has 33 heavy (non-hydrogen) atoms. The number of carboxylic acid groups (broad SMARTS) is 1. The monoisotopic (exact) mass is 452 g/mol. The summed E-state index contributed by atoms with van der Waals surface area (Å²) in [5.74, 6) is 1.44. The molecular weight excluding hydrogens is 424 g/mol. The lowest BCUT2D eigenvalue weighted by Gasteiger charge is -2.20. The zero-order chi connectivity index (χ0) is 23.8. The van der Waals surface area contributed by atoms with Crippen molar-refractivity contribution >= 4 is 12.1 Å². The van der Waals surface area contributed by atoms with E-state index in [1.807, 2.05) is 32.9 Å². The minimum Gasteiger partial charge on any atom is -0.494 e. The van der Waals surface area contributed by atoms with Crippen molar-refractivity contribution < 1.29 is 28.6 Å². The lowest BCUT2D eigenvalue weighted by molar-refractivity contribution is -0.138. The molecule has 8 heteroatoms. The maximum atomic E-state index is 12.5. The summed E-state index contributed by atoms with van der Waals surface area (Å²) in [6, 6.07) is 14.2. The van der Waals surface area contributed by atoms with Gasteiger partial charge in [0.05, 0.1) is 12.3 Å². The number of aliphatic carboxylic acids is 1. The van der Waals surface area contributed by atoms with Crippen LogP contribution < -0.4 is 9.47 Å². The molecule has 0 aliphatic carbocycles. The Balaban J connectivity index is 1.52. The van der Waals surface area contributed by atoms with Crippen LogP contribution in [0.15, 0.2) is 52.9 Å². The van der Waals surface area contributed by atoms with Gasteiger partial charge in [-0.1, -0.05) is 29.8 Å². The molecule has 0 radical (unpaired) electrons. The van der Waals surface area contributed by atoms with Gasteiger partial charge in [0.2, 0.25) is 0 Å². The van der Waals surface area contributed by atoms with E-state index in [-0.39, 0.29) is 6.54 Å². The number of hydrogen-bond acceptors (Lipinski definition) is 6. The number of aromatic nitrogens is 1. The molecule has 2 aromatic carbocycles. The Morgan fingerprint density at radius 1 is 1.00 bits per heavy atom. The maximum absolute atomic E-state index is 12.5. The maximum Gasteiger partial charge on any atom is 0.416 e. The van der Waals surface area contributed by atoms with E-state index in [0.717, 1.165) is 40.3 Å². The van der Waals surface area contributed by atoms with Gasteiger partial charge in [-0.2, -0.15) is 0 Å². The number of carbonyl (C=O) groups is 2. The van der Waals surface area contributed by atoms with E-state index in [1.165, 1.54) is 0 Å². The van der Waals surface area contributed by atoms with Gasteiger partial charge in [0, 0.05) is 13.5 Å².